The first kappa shape index (κ1) is 15.8. The number of hydrogen-bond acceptors (Lipinski definition) is 2. The number of carbonyl (C=O) groups excluding carboxylic acids is 1. The highest BCUT2D eigenvalue weighted by Gasteiger charge is 2.28. The fourth-order valence-corrected chi connectivity index (χ4v) is 2.69. The van der Waals surface area contributed by atoms with E-state index in [1.165, 1.54) is 5.56 Å². The zero-order valence-electron chi connectivity index (χ0n) is 13.4. The van der Waals surface area contributed by atoms with Crippen molar-refractivity contribution in [3.05, 3.63) is 29.8 Å². The minimum Gasteiger partial charge on any atom is -0.481 e. The zero-order valence-corrected chi connectivity index (χ0v) is 13.4. The number of hydrogen-bond donors (Lipinski definition) is 1. The Morgan fingerprint density at radius 2 is 1.86 bits per heavy atom. The van der Waals surface area contributed by atoms with Crippen LogP contribution in [0.3, 0.4) is 0 Å². The van der Waals surface area contributed by atoms with Gasteiger partial charge >= 0.3 is 0 Å². The summed E-state index contributed by atoms with van der Waals surface area (Å²) in [5, 5.41) is 0. The van der Waals surface area contributed by atoms with Gasteiger partial charge in [0.2, 0.25) is 0 Å². The van der Waals surface area contributed by atoms with Crippen LogP contribution in [0.2, 0.25) is 0 Å². The monoisotopic (exact) mass is 291 g/mol. The van der Waals surface area contributed by atoms with Crippen molar-refractivity contribution in [2.75, 3.05) is 32.7 Å². The summed E-state index contributed by atoms with van der Waals surface area (Å²) in [5.74, 6) is 0.909. The first-order valence-electron chi connectivity index (χ1n) is 7.99. The maximum absolute atomic E-state index is 12.6. The van der Waals surface area contributed by atoms with Crippen LogP contribution in [0.5, 0.6) is 5.75 Å². The van der Waals surface area contributed by atoms with Crippen molar-refractivity contribution in [2.24, 2.45) is 0 Å². The topological polar surface area (TPSA) is 34.0 Å². The molecule has 4 heteroatoms. The van der Waals surface area contributed by atoms with Crippen molar-refractivity contribution >= 4 is 5.91 Å². The van der Waals surface area contributed by atoms with Gasteiger partial charge in [-0.1, -0.05) is 24.6 Å². The molecule has 0 radical (unpaired) electrons. The van der Waals surface area contributed by atoms with E-state index in [0.29, 0.717) is 6.42 Å². The number of rotatable bonds is 5. The van der Waals surface area contributed by atoms with Gasteiger partial charge in [0.25, 0.3) is 5.91 Å². The quantitative estimate of drug-likeness (QED) is 0.874. The number of aryl methyl sites for hydroxylation is 1. The second kappa shape index (κ2) is 7.46. The van der Waals surface area contributed by atoms with E-state index in [9.17, 15) is 4.79 Å². The fraction of sp³-hybridized carbons (Fsp3) is 0.588. The van der Waals surface area contributed by atoms with Gasteiger partial charge < -0.3 is 14.5 Å². The van der Waals surface area contributed by atoms with Crippen molar-refractivity contribution in [3.63, 3.8) is 0 Å². The standard InChI is InChI=1S/C17H26N2O2/c1-4-16(21-15-8-6-14(3)7-9-15)17(20)19-12-10-18(5-2)11-13-19/h6-9,16H,4-5,10-13H2,1-3H3/p+1/t16-/m1/s1. The van der Waals surface area contributed by atoms with Gasteiger partial charge in [-0.15, -0.1) is 0 Å². The predicted molar refractivity (Wildman–Crippen MR) is 83.7 cm³/mol. The summed E-state index contributed by atoms with van der Waals surface area (Å²) in [6.07, 6.45) is 0.337. The van der Waals surface area contributed by atoms with Crippen molar-refractivity contribution in [2.45, 2.75) is 33.3 Å². The van der Waals surface area contributed by atoms with E-state index in [2.05, 4.69) is 6.92 Å². The van der Waals surface area contributed by atoms with E-state index in [4.69, 9.17) is 4.74 Å². The van der Waals surface area contributed by atoms with Crippen molar-refractivity contribution in [1.82, 2.24) is 4.90 Å². The molecule has 0 unspecified atom stereocenters. The minimum absolute atomic E-state index is 0.133. The van der Waals surface area contributed by atoms with Crippen LogP contribution in [-0.2, 0) is 4.79 Å². The van der Waals surface area contributed by atoms with Crippen LogP contribution in [0.15, 0.2) is 24.3 Å². The molecule has 4 nitrogen and oxygen atoms in total. The van der Waals surface area contributed by atoms with Crippen molar-refractivity contribution < 1.29 is 14.4 Å². The molecule has 0 bridgehead atoms. The number of amides is 1. The molecule has 1 aliphatic rings. The number of piperazine rings is 1. The molecular weight excluding hydrogens is 264 g/mol. The van der Waals surface area contributed by atoms with E-state index < -0.39 is 0 Å². The molecule has 2 rings (SSSR count). The van der Waals surface area contributed by atoms with Crippen molar-refractivity contribution in [3.8, 4) is 5.75 Å². The smallest absolute Gasteiger partial charge is 0.264 e. The van der Waals surface area contributed by atoms with E-state index in [1.807, 2.05) is 43.0 Å². The average Bonchev–Trinajstić information content (AvgIpc) is 2.54. The van der Waals surface area contributed by atoms with Gasteiger partial charge in [0.15, 0.2) is 6.10 Å². The largest absolute Gasteiger partial charge is 0.481 e. The molecular formula is C17H27N2O2+. The summed E-state index contributed by atoms with van der Waals surface area (Å²) < 4.78 is 5.89. The number of nitrogens with one attached hydrogen (secondary N) is 1. The highest BCUT2D eigenvalue weighted by Crippen LogP contribution is 2.16. The van der Waals surface area contributed by atoms with Crippen LogP contribution in [0.25, 0.3) is 0 Å². The lowest BCUT2D eigenvalue weighted by Crippen LogP contribution is -3.14. The second-order valence-corrected chi connectivity index (χ2v) is 5.76. The third kappa shape index (κ3) is 4.21. The first-order valence-corrected chi connectivity index (χ1v) is 7.99. The number of likely N-dealkylation sites (N-methyl/N-ethyl adjacent to an activating group) is 1. The Labute approximate surface area is 127 Å². The second-order valence-electron chi connectivity index (χ2n) is 5.76. The SMILES string of the molecule is CC[C@@H](Oc1ccc(C)cc1)C(=O)N1CC[NH+](CC)CC1. The predicted octanol–water partition coefficient (Wildman–Crippen LogP) is 0.899. The van der Waals surface area contributed by atoms with Crippen LogP contribution < -0.4 is 9.64 Å². The Morgan fingerprint density at radius 1 is 1.24 bits per heavy atom. The number of carbonyl (C=O) groups is 1. The maximum Gasteiger partial charge on any atom is 0.264 e. The normalized spacial score (nSPS) is 17.6. The lowest BCUT2D eigenvalue weighted by atomic mass is 10.2. The third-order valence-corrected chi connectivity index (χ3v) is 4.23. The number of nitrogens with zero attached hydrogens (tertiary/aromatic N) is 1. The lowest BCUT2D eigenvalue weighted by molar-refractivity contribution is -0.902. The van der Waals surface area contributed by atoms with Gasteiger partial charge in [0.1, 0.15) is 5.75 Å². The Morgan fingerprint density at radius 3 is 2.38 bits per heavy atom. The van der Waals surface area contributed by atoms with Gasteiger partial charge in [0.05, 0.1) is 32.7 Å². The molecule has 0 aliphatic carbocycles. The highest BCUT2D eigenvalue weighted by atomic mass is 16.5. The van der Waals surface area contributed by atoms with Gasteiger partial charge in [0, 0.05) is 0 Å². The van der Waals surface area contributed by atoms with Gasteiger partial charge in [-0.2, -0.15) is 0 Å². The zero-order chi connectivity index (χ0) is 15.2. The molecule has 21 heavy (non-hydrogen) atoms. The Kier molecular flexibility index (Phi) is 5.62. The molecule has 1 aliphatic heterocycles. The highest BCUT2D eigenvalue weighted by molar-refractivity contribution is 5.81. The summed E-state index contributed by atoms with van der Waals surface area (Å²) in [5.41, 5.74) is 1.19. The maximum atomic E-state index is 12.6. The molecule has 116 valence electrons. The third-order valence-electron chi connectivity index (χ3n) is 4.23. The molecule has 1 amide bonds. The molecule has 1 heterocycles. The van der Waals surface area contributed by atoms with Crippen LogP contribution in [0, 0.1) is 6.92 Å². The van der Waals surface area contributed by atoms with E-state index in [1.54, 1.807) is 4.90 Å². The molecule has 0 saturated carbocycles. The van der Waals surface area contributed by atoms with E-state index in [0.717, 1.165) is 38.5 Å². The van der Waals surface area contributed by atoms with Crippen LogP contribution >= 0.6 is 0 Å². The van der Waals surface area contributed by atoms with Crippen LogP contribution in [-0.4, -0.2) is 49.6 Å². The Hall–Kier alpha value is -1.55. The Balaban J connectivity index is 1.94. The molecule has 1 aromatic rings. The summed E-state index contributed by atoms with van der Waals surface area (Å²) in [4.78, 5) is 16.1. The average molecular weight is 291 g/mol. The van der Waals surface area contributed by atoms with Crippen molar-refractivity contribution in [1.29, 1.82) is 0 Å². The molecule has 0 spiro atoms. The van der Waals surface area contributed by atoms with Gasteiger partial charge in [-0.05, 0) is 32.4 Å². The Bertz CT molecular complexity index is 450. The lowest BCUT2D eigenvalue weighted by Gasteiger charge is -2.33. The molecule has 1 fully saturated rings. The summed E-state index contributed by atoms with van der Waals surface area (Å²) >= 11 is 0. The molecule has 1 N–H and O–H groups in total. The molecule has 1 saturated heterocycles. The molecule has 1 aromatic carbocycles. The fourth-order valence-electron chi connectivity index (χ4n) is 2.69. The summed E-state index contributed by atoms with van der Waals surface area (Å²) in [6, 6.07) is 7.89. The molecule has 0 aromatic heterocycles. The number of ether oxygens (including phenoxy) is 1. The van der Waals surface area contributed by atoms with E-state index in [-0.39, 0.29) is 12.0 Å². The number of quaternary nitrogens is 1. The van der Waals surface area contributed by atoms with E-state index >= 15 is 0 Å². The van der Waals surface area contributed by atoms with Gasteiger partial charge in [-0.3, -0.25) is 4.79 Å². The summed E-state index contributed by atoms with van der Waals surface area (Å²) in [6.45, 7) is 11.2. The van der Waals surface area contributed by atoms with Crippen LogP contribution in [0.1, 0.15) is 25.8 Å². The summed E-state index contributed by atoms with van der Waals surface area (Å²) in [7, 11) is 0. The number of benzene rings is 1. The minimum atomic E-state index is -0.365. The van der Waals surface area contributed by atoms with Gasteiger partial charge in [-0.25, -0.2) is 0 Å². The van der Waals surface area contributed by atoms with Crippen LogP contribution in [0.4, 0.5) is 0 Å². The first-order chi connectivity index (χ1) is 10.1. The molecule has 1 atom stereocenters.